The van der Waals surface area contributed by atoms with Gasteiger partial charge in [0.15, 0.2) is 11.5 Å². The van der Waals surface area contributed by atoms with E-state index in [1.54, 1.807) is 54.6 Å². The van der Waals surface area contributed by atoms with Crippen molar-refractivity contribution in [1.82, 2.24) is 0 Å². The van der Waals surface area contributed by atoms with Crippen molar-refractivity contribution in [3.63, 3.8) is 0 Å². The molecule has 0 aliphatic rings. The molecule has 0 saturated carbocycles. The zero-order valence-corrected chi connectivity index (χ0v) is 18.9. The van der Waals surface area contributed by atoms with Crippen molar-refractivity contribution in [2.45, 2.75) is 6.61 Å². The number of halogens is 2. The predicted octanol–water partition coefficient (Wildman–Crippen LogP) is 6.24. The van der Waals surface area contributed by atoms with E-state index < -0.39 is 5.91 Å². The number of nitriles is 1. The third-order valence-electron chi connectivity index (χ3n) is 4.27. The fourth-order valence-electron chi connectivity index (χ4n) is 2.78. The number of rotatable bonds is 7. The highest BCUT2D eigenvalue weighted by atomic mass is 79.9. The highest BCUT2D eigenvalue weighted by molar-refractivity contribution is 9.10. The van der Waals surface area contributed by atoms with Crippen LogP contribution in [-0.4, -0.2) is 13.0 Å². The maximum absolute atomic E-state index is 12.6. The maximum Gasteiger partial charge on any atom is 0.266 e. The summed E-state index contributed by atoms with van der Waals surface area (Å²) in [6, 6.07) is 21.6. The van der Waals surface area contributed by atoms with Gasteiger partial charge in [0.05, 0.1) is 7.11 Å². The van der Waals surface area contributed by atoms with Crippen LogP contribution >= 0.6 is 27.5 Å². The molecule has 1 N–H and O–H groups in total. The Morgan fingerprint density at radius 3 is 2.58 bits per heavy atom. The summed E-state index contributed by atoms with van der Waals surface area (Å²) in [5.74, 6) is 0.393. The molecule has 0 saturated heterocycles. The Balaban J connectivity index is 1.87. The lowest BCUT2D eigenvalue weighted by Crippen LogP contribution is -2.13. The standard InChI is InChI=1S/C24H18BrClN2O3/c1-30-22-7-3-5-17(23(22)31-15-16-4-2-6-20(26)12-16)13-18(14-27)24(29)28-21-10-8-19(25)9-11-21/h2-13H,15H2,1H3,(H,28,29)/b18-13+. The van der Waals surface area contributed by atoms with Crippen LogP contribution < -0.4 is 14.8 Å². The smallest absolute Gasteiger partial charge is 0.266 e. The number of benzene rings is 3. The van der Waals surface area contributed by atoms with E-state index in [0.717, 1.165) is 10.0 Å². The molecule has 0 aliphatic heterocycles. The lowest BCUT2D eigenvalue weighted by Gasteiger charge is -2.14. The summed E-state index contributed by atoms with van der Waals surface area (Å²) in [4.78, 5) is 12.6. The zero-order chi connectivity index (χ0) is 22.2. The van der Waals surface area contributed by atoms with Crippen molar-refractivity contribution in [2.75, 3.05) is 12.4 Å². The second kappa shape index (κ2) is 10.7. The van der Waals surface area contributed by atoms with Crippen molar-refractivity contribution in [3.05, 3.63) is 92.9 Å². The van der Waals surface area contributed by atoms with Crippen LogP contribution in [-0.2, 0) is 11.4 Å². The number of carbonyl (C=O) groups is 1. The number of methoxy groups -OCH3 is 1. The largest absolute Gasteiger partial charge is 0.493 e. The van der Waals surface area contributed by atoms with Crippen LogP contribution in [0, 0.1) is 11.3 Å². The van der Waals surface area contributed by atoms with Gasteiger partial charge in [-0.05, 0) is 54.1 Å². The number of nitrogens with zero attached hydrogens (tertiary/aromatic N) is 1. The molecule has 0 unspecified atom stereocenters. The summed E-state index contributed by atoms with van der Waals surface area (Å²) in [6.07, 6.45) is 1.48. The van der Waals surface area contributed by atoms with Crippen molar-refractivity contribution in [2.24, 2.45) is 0 Å². The van der Waals surface area contributed by atoms with Crippen molar-refractivity contribution in [3.8, 4) is 17.6 Å². The van der Waals surface area contributed by atoms with Gasteiger partial charge in [-0.1, -0.05) is 51.8 Å². The molecule has 0 atom stereocenters. The fourth-order valence-corrected chi connectivity index (χ4v) is 3.26. The minimum Gasteiger partial charge on any atom is -0.493 e. The lowest BCUT2D eigenvalue weighted by molar-refractivity contribution is -0.112. The molecule has 0 radical (unpaired) electrons. The monoisotopic (exact) mass is 496 g/mol. The first-order chi connectivity index (χ1) is 15.0. The SMILES string of the molecule is COc1cccc(/C=C(\C#N)C(=O)Nc2ccc(Br)cc2)c1OCc1cccc(Cl)c1. The molecule has 3 aromatic rings. The van der Waals surface area contributed by atoms with Crippen LogP contribution in [0.25, 0.3) is 6.08 Å². The average molecular weight is 498 g/mol. The molecule has 0 aromatic heterocycles. The minimum atomic E-state index is -0.520. The number of carbonyl (C=O) groups excluding carboxylic acids is 1. The molecule has 31 heavy (non-hydrogen) atoms. The molecule has 0 spiro atoms. The van der Waals surface area contributed by atoms with E-state index in [2.05, 4.69) is 21.2 Å². The first kappa shape index (κ1) is 22.4. The number of amides is 1. The highest BCUT2D eigenvalue weighted by Gasteiger charge is 2.14. The first-order valence-corrected chi connectivity index (χ1v) is 10.4. The summed E-state index contributed by atoms with van der Waals surface area (Å²) >= 11 is 9.39. The predicted molar refractivity (Wildman–Crippen MR) is 125 cm³/mol. The Morgan fingerprint density at radius 2 is 1.90 bits per heavy atom. The number of nitrogens with one attached hydrogen (secondary N) is 1. The molecule has 5 nitrogen and oxygen atoms in total. The highest BCUT2D eigenvalue weighted by Crippen LogP contribution is 2.33. The van der Waals surface area contributed by atoms with E-state index in [1.165, 1.54) is 13.2 Å². The van der Waals surface area contributed by atoms with Crippen LogP contribution in [0.5, 0.6) is 11.5 Å². The second-order valence-electron chi connectivity index (χ2n) is 6.43. The molecule has 3 aromatic carbocycles. The lowest BCUT2D eigenvalue weighted by atomic mass is 10.1. The van der Waals surface area contributed by atoms with Crippen LogP contribution in [0.3, 0.4) is 0 Å². The normalized spacial score (nSPS) is 10.8. The summed E-state index contributed by atoms with van der Waals surface area (Å²) in [7, 11) is 1.53. The van der Waals surface area contributed by atoms with Gasteiger partial charge in [0.2, 0.25) is 0 Å². The van der Waals surface area contributed by atoms with E-state index in [1.807, 2.05) is 18.2 Å². The third-order valence-corrected chi connectivity index (χ3v) is 5.03. The van der Waals surface area contributed by atoms with E-state index in [0.29, 0.717) is 27.8 Å². The number of hydrogen-bond acceptors (Lipinski definition) is 4. The van der Waals surface area contributed by atoms with Crippen LogP contribution in [0.4, 0.5) is 5.69 Å². The third kappa shape index (κ3) is 6.11. The molecule has 3 rings (SSSR count). The van der Waals surface area contributed by atoms with Gasteiger partial charge in [0.1, 0.15) is 18.2 Å². The number of anilines is 1. The van der Waals surface area contributed by atoms with Gasteiger partial charge < -0.3 is 14.8 Å². The maximum atomic E-state index is 12.6. The molecule has 0 heterocycles. The van der Waals surface area contributed by atoms with Crippen molar-refractivity contribution in [1.29, 1.82) is 5.26 Å². The Labute approximate surface area is 194 Å². The van der Waals surface area contributed by atoms with E-state index >= 15 is 0 Å². The summed E-state index contributed by atoms with van der Waals surface area (Å²) < 4.78 is 12.3. The Morgan fingerprint density at radius 1 is 1.16 bits per heavy atom. The molecule has 0 fully saturated rings. The summed E-state index contributed by atoms with van der Waals surface area (Å²) in [6.45, 7) is 0.245. The zero-order valence-electron chi connectivity index (χ0n) is 16.6. The van der Waals surface area contributed by atoms with Crippen LogP contribution in [0.1, 0.15) is 11.1 Å². The Bertz CT molecular complexity index is 1150. The molecular formula is C24H18BrClN2O3. The molecule has 7 heteroatoms. The second-order valence-corrected chi connectivity index (χ2v) is 7.78. The van der Waals surface area contributed by atoms with Gasteiger partial charge in [-0.3, -0.25) is 4.79 Å². The van der Waals surface area contributed by atoms with E-state index in [-0.39, 0.29) is 12.2 Å². The fraction of sp³-hybridized carbons (Fsp3) is 0.0833. The molecule has 156 valence electrons. The molecule has 1 amide bonds. The van der Waals surface area contributed by atoms with Gasteiger partial charge in [0, 0.05) is 20.7 Å². The van der Waals surface area contributed by atoms with Crippen LogP contribution in [0.15, 0.2) is 76.8 Å². The number of ether oxygens (including phenoxy) is 2. The van der Waals surface area contributed by atoms with Gasteiger partial charge >= 0.3 is 0 Å². The van der Waals surface area contributed by atoms with E-state index in [4.69, 9.17) is 21.1 Å². The topological polar surface area (TPSA) is 71.3 Å². The number of para-hydroxylation sites is 1. The molecule has 0 bridgehead atoms. The average Bonchev–Trinajstić information content (AvgIpc) is 2.77. The van der Waals surface area contributed by atoms with Gasteiger partial charge in [0.25, 0.3) is 5.91 Å². The van der Waals surface area contributed by atoms with Gasteiger partial charge in [-0.2, -0.15) is 5.26 Å². The molecule has 0 aliphatic carbocycles. The van der Waals surface area contributed by atoms with Gasteiger partial charge in [-0.25, -0.2) is 0 Å². The number of hydrogen-bond donors (Lipinski definition) is 1. The minimum absolute atomic E-state index is 0.0659. The Hall–Kier alpha value is -3.27. The van der Waals surface area contributed by atoms with Crippen LogP contribution in [0.2, 0.25) is 5.02 Å². The Kier molecular flexibility index (Phi) is 7.71. The van der Waals surface area contributed by atoms with Crippen molar-refractivity contribution < 1.29 is 14.3 Å². The van der Waals surface area contributed by atoms with Gasteiger partial charge in [-0.15, -0.1) is 0 Å². The van der Waals surface area contributed by atoms with E-state index in [9.17, 15) is 10.1 Å². The summed E-state index contributed by atoms with van der Waals surface area (Å²) in [5.41, 5.74) is 1.94. The quantitative estimate of drug-likeness (QED) is 0.310. The summed E-state index contributed by atoms with van der Waals surface area (Å²) in [5, 5.41) is 12.9. The van der Waals surface area contributed by atoms with Crippen molar-refractivity contribution >= 4 is 45.2 Å². The molecular weight excluding hydrogens is 480 g/mol. The first-order valence-electron chi connectivity index (χ1n) is 9.23.